The van der Waals surface area contributed by atoms with Crippen LogP contribution in [-0.2, 0) is 0 Å². The van der Waals surface area contributed by atoms with Gasteiger partial charge in [-0.15, -0.1) is 0 Å². The third-order valence-electron chi connectivity index (χ3n) is 6.79. The number of nitrogens with two attached hydrogens (primary N) is 1. The Morgan fingerprint density at radius 1 is 0.619 bits per heavy atom. The molecule has 1 heteroatoms. The first-order valence-electron chi connectivity index (χ1n) is 9.42. The molecular formula is C20H43N. The van der Waals surface area contributed by atoms with Crippen LogP contribution in [0.2, 0.25) is 0 Å². The van der Waals surface area contributed by atoms with E-state index in [1.807, 2.05) is 0 Å². The van der Waals surface area contributed by atoms with Gasteiger partial charge >= 0.3 is 0 Å². The zero-order chi connectivity index (χ0) is 16.7. The molecule has 0 amide bonds. The van der Waals surface area contributed by atoms with Gasteiger partial charge in [0.2, 0.25) is 0 Å². The molecule has 0 saturated heterocycles. The van der Waals surface area contributed by atoms with Gasteiger partial charge < -0.3 is 5.73 Å². The second-order valence-electron chi connectivity index (χ2n) is 8.08. The van der Waals surface area contributed by atoms with Crippen LogP contribution in [0.4, 0.5) is 0 Å². The van der Waals surface area contributed by atoms with E-state index < -0.39 is 0 Å². The monoisotopic (exact) mass is 297 g/mol. The Hall–Kier alpha value is -0.0400. The predicted molar refractivity (Wildman–Crippen MR) is 97.3 cm³/mol. The Kier molecular flexibility index (Phi) is 9.85. The molecule has 128 valence electrons. The quantitative estimate of drug-likeness (QED) is 0.527. The molecule has 0 saturated carbocycles. The van der Waals surface area contributed by atoms with Crippen LogP contribution in [-0.4, -0.2) is 6.04 Å². The van der Waals surface area contributed by atoms with E-state index in [2.05, 4.69) is 62.3 Å². The van der Waals surface area contributed by atoms with Crippen LogP contribution < -0.4 is 5.73 Å². The summed E-state index contributed by atoms with van der Waals surface area (Å²) < 4.78 is 0. The highest BCUT2D eigenvalue weighted by atomic mass is 14.6. The van der Waals surface area contributed by atoms with Crippen molar-refractivity contribution in [1.82, 2.24) is 0 Å². The van der Waals surface area contributed by atoms with Crippen LogP contribution in [0, 0.1) is 41.4 Å². The fourth-order valence-electron chi connectivity index (χ4n) is 3.71. The van der Waals surface area contributed by atoms with Crippen molar-refractivity contribution in [3.63, 3.8) is 0 Å². The molecule has 8 atom stereocenters. The third-order valence-corrected chi connectivity index (χ3v) is 6.79. The van der Waals surface area contributed by atoms with E-state index in [1.54, 1.807) is 0 Å². The Bertz CT molecular complexity index is 261. The van der Waals surface area contributed by atoms with Gasteiger partial charge in [0.15, 0.2) is 0 Å². The summed E-state index contributed by atoms with van der Waals surface area (Å²) in [6.07, 6.45) is 3.90. The molecule has 0 rings (SSSR count). The van der Waals surface area contributed by atoms with Crippen LogP contribution in [0.25, 0.3) is 0 Å². The smallest absolute Gasteiger partial charge is 0.00388 e. The summed E-state index contributed by atoms with van der Waals surface area (Å²) >= 11 is 0. The van der Waals surface area contributed by atoms with Crippen LogP contribution in [0.5, 0.6) is 0 Å². The zero-order valence-electron chi connectivity index (χ0n) is 16.3. The van der Waals surface area contributed by atoms with E-state index in [4.69, 9.17) is 5.73 Å². The molecule has 0 aromatic carbocycles. The highest BCUT2D eigenvalue weighted by Crippen LogP contribution is 2.37. The molecule has 0 aromatic heterocycles. The summed E-state index contributed by atoms with van der Waals surface area (Å²) in [5, 5.41) is 0. The Balaban J connectivity index is 4.83. The molecule has 21 heavy (non-hydrogen) atoms. The van der Waals surface area contributed by atoms with Gasteiger partial charge in [-0.2, -0.15) is 0 Å². The lowest BCUT2D eigenvalue weighted by Crippen LogP contribution is -2.35. The summed E-state index contributed by atoms with van der Waals surface area (Å²) in [5.41, 5.74) is 6.21. The maximum atomic E-state index is 6.21. The van der Waals surface area contributed by atoms with Gasteiger partial charge in [0.05, 0.1) is 0 Å². The summed E-state index contributed by atoms with van der Waals surface area (Å²) in [5.74, 6) is 5.38. The van der Waals surface area contributed by atoms with E-state index >= 15 is 0 Å². The van der Waals surface area contributed by atoms with Gasteiger partial charge in [-0.05, 0) is 54.8 Å². The summed E-state index contributed by atoms with van der Waals surface area (Å²) in [7, 11) is 0. The molecule has 0 heterocycles. The standard InChI is InChI=1S/C20H43N/c1-10-13(3)16(6)17(7)15(5)12-20(14(4)11-2)18(8)19(9)21/h13-20H,10-12,21H2,1-9H3. The van der Waals surface area contributed by atoms with Crippen molar-refractivity contribution >= 4 is 0 Å². The second kappa shape index (κ2) is 9.87. The van der Waals surface area contributed by atoms with Crippen LogP contribution in [0.1, 0.15) is 81.6 Å². The highest BCUT2D eigenvalue weighted by molar-refractivity contribution is 4.81. The van der Waals surface area contributed by atoms with Crippen molar-refractivity contribution in [2.24, 2.45) is 47.2 Å². The van der Waals surface area contributed by atoms with E-state index in [9.17, 15) is 0 Å². The first-order valence-corrected chi connectivity index (χ1v) is 9.42. The van der Waals surface area contributed by atoms with Gasteiger partial charge in [0.1, 0.15) is 0 Å². The average molecular weight is 298 g/mol. The maximum absolute atomic E-state index is 6.21. The maximum Gasteiger partial charge on any atom is 0.00388 e. The molecule has 8 unspecified atom stereocenters. The molecular weight excluding hydrogens is 254 g/mol. The number of hydrogen-bond acceptors (Lipinski definition) is 1. The minimum atomic E-state index is 0.304. The second-order valence-corrected chi connectivity index (χ2v) is 8.08. The van der Waals surface area contributed by atoms with E-state index in [-0.39, 0.29) is 0 Å². The van der Waals surface area contributed by atoms with Gasteiger partial charge in [-0.1, -0.05) is 68.2 Å². The molecule has 0 radical (unpaired) electrons. The number of hydrogen-bond donors (Lipinski definition) is 1. The van der Waals surface area contributed by atoms with E-state index in [0.29, 0.717) is 12.0 Å². The predicted octanol–water partition coefficient (Wildman–Crippen LogP) is 5.98. The van der Waals surface area contributed by atoms with E-state index in [0.717, 1.165) is 35.5 Å². The van der Waals surface area contributed by atoms with Crippen LogP contribution >= 0.6 is 0 Å². The first kappa shape index (κ1) is 21.0. The zero-order valence-corrected chi connectivity index (χ0v) is 16.3. The summed E-state index contributed by atoms with van der Waals surface area (Å²) in [6, 6.07) is 0.304. The lowest BCUT2D eigenvalue weighted by Gasteiger charge is -2.37. The van der Waals surface area contributed by atoms with Crippen molar-refractivity contribution in [2.45, 2.75) is 87.6 Å². The van der Waals surface area contributed by atoms with Gasteiger partial charge in [-0.25, -0.2) is 0 Å². The Morgan fingerprint density at radius 2 is 1.05 bits per heavy atom. The van der Waals surface area contributed by atoms with Gasteiger partial charge in [0, 0.05) is 6.04 Å². The van der Waals surface area contributed by atoms with Crippen molar-refractivity contribution in [3.05, 3.63) is 0 Å². The molecule has 2 N–H and O–H groups in total. The van der Waals surface area contributed by atoms with Crippen molar-refractivity contribution < 1.29 is 0 Å². The van der Waals surface area contributed by atoms with Crippen LogP contribution in [0.15, 0.2) is 0 Å². The van der Waals surface area contributed by atoms with Crippen molar-refractivity contribution in [3.8, 4) is 0 Å². The first-order chi connectivity index (χ1) is 9.67. The average Bonchev–Trinajstić information content (AvgIpc) is 2.48. The topological polar surface area (TPSA) is 26.0 Å². The fraction of sp³-hybridized carbons (Fsp3) is 1.00. The normalized spacial score (nSPS) is 23.7. The SMILES string of the molecule is CCC(C)C(C)C(C)C(C)CC(C(C)CC)C(C)C(C)N. The molecule has 0 fully saturated rings. The molecule has 0 spiro atoms. The molecule has 0 aromatic rings. The minimum absolute atomic E-state index is 0.304. The Morgan fingerprint density at radius 3 is 1.43 bits per heavy atom. The lowest BCUT2D eigenvalue weighted by atomic mass is 9.69. The molecule has 0 aliphatic carbocycles. The highest BCUT2D eigenvalue weighted by Gasteiger charge is 2.30. The third kappa shape index (κ3) is 6.30. The molecule has 0 aliphatic heterocycles. The summed E-state index contributed by atoms with van der Waals surface area (Å²) in [6.45, 7) is 21.4. The molecule has 1 nitrogen and oxygen atoms in total. The summed E-state index contributed by atoms with van der Waals surface area (Å²) in [4.78, 5) is 0. The number of rotatable bonds is 10. The fourth-order valence-corrected chi connectivity index (χ4v) is 3.71. The Labute approximate surface area is 135 Å². The molecule has 0 bridgehead atoms. The lowest BCUT2D eigenvalue weighted by molar-refractivity contribution is 0.132. The van der Waals surface area contributed by atoms with Gasteiger partial charge in [0.25, 0.3) is 0 Å². The molecule has 0 aliphatic rings. The van der Waals surface area contributed by atoms with Crippen molar-refractivity contribution in [2.75, 3.05) is 0 Å². The van der Waals surface area contributed by atoms with Gasteiger partial charge in [-0.3, -0.25) is 0 Å². The van der Waals surface area contributed by atoms with Crippen LogP contribution in [0.3, 0.4) is 0 Å². The van der Waals surface area contributed by atoms with E-state index in [1.165, 1.54) is 19.3 Å². The van der Waals surface area contributed by atoms with Crippen molar-refractivity contribution in [1.29, 1.82) is 0 Å². The largest absolute Gasteiger partial charge is 0.328 e. The minimum Gasteiger partial charge on any atom is -0.328 e.